The largest absolute Gasteiger partial charge is 0.369 e. The zero-order chi connectivity index (χ0) is 18.8. The third-order valence-electron chi connectivity index (χ3n) is 4.46. The maximum atomic E-state index is 12.9. The molecular weight excluding hydrogens is 340 g/mol. The minimum absolute atomic E-state index is 0.136. The van der Waals surface area contributed by atoms with Crippen LogP contribution in [-0.4, -0.2) is 48.8 Å². The van der Waals surface area contributed by atoms with Gasteiger partial charge in [-0.25, -0.2) is 13.4 Å². The van der Waals surface area contributed by atoms with E-state index in [4.69, 9.17) is 5.73 Å². The van der Waals surface area contributed by atoms with Crippen LogP contribution in [0.3, 0.4) is 0 Å². The number of amides is 1. The van der Waals surface area contributed by atoms with Gasteiger partial charge in [-0.15, -0.1) is 0 Å². The molecule has 1 amide bonds. The van der Waals surface area contributed by atoms with Crippen LogP contribution in [0.15, 0.2) is 23.2 Å². The minimum Gasteiger partial charge on any atom is -0.369 e. The van der Waals surface area contributed by atoms with Gasteiger partial charge in [0.25, 0.3) is 0 Å². The van der Waals surface area contributed by atoms with E-state index in [1.807, 2.05) is 32.6 Å². The van der Waals surface area contributed by atoms with Crippen LogP contribution in [0, 0.1) is 5.92 Å². The predicted molar refractivity (Wildman–Crippen MR) is 97.7 cm³/mol. The van der Waals surface area contributed by atoms with Gasteiger partial charge in [0, 0.05) is 31.4 Å². The van der Waals surface area contributed by atoms with E-state index in [9.17, 15) is 13.2 Å². The van der Waals surface area contributed by atoms with E-state index in [2.05, 4.69) is 4.98 Å². The number of piperidine rings is 1. The van der Waals surface area contributed by atoms with Gasteiger partial charge in [-0.3, -0.25) is 4.79 Å². The van der Waals surface area contributed by atoms with Crippen molar-refractivity contribution in [1.82, 2.24) is 9.29 Å². The van der Waals surface area contributed by atoms with Crippen molar-refractivity contribution in [1.29, 1.82) is 0 Å². The van der Waals surface area contributed by atoms with Gasteiger partial charge in [-0.2, -0.15) is 4.31 Å². The summed E-state index contributed by atoms with van der Waals surface area (Å²) in [6.45, 7) is 8.74. The van der Waals surface area contributed by atoms with E-state index < -0.39 is 10.0 Å². The van der Waals surface area contributed by atoms with Crippen molar-refractivity contribution in [2.45, 2.75) is 57.5 Å². The number of hydrogen-bond acceptors (Lipinski definition) is 5. The molecule has 0 bridgehead atoms. The van der Waals surface area contributed by atoms with Crippen molar-refractivity contribution in [3.63, 3.8) is 0 Å². The van der Waals surface area contributed by atoms with Gasteiger partial charge < -0.3 is 10.6 Å². The molecule has 1 fully saturated rings. The number of anilines is 1. The standard InChI is InChI=1S/C17H28N4O3S/c1-12(2)21(13(3)4)25(23,24)15-7-8-16(19-10-15)20-9-5-6-14(11-20)17(18)22/h7-8,10,12-14H,5-6,9,11H2,1-4H3,(H2,18,22). The van der Waals surface area contributed by atoms with Crippen molar-refractivity contribution in [3.8, 4) is 0 Å². The number of pyridine rings is 1. The molecule has 1 atom stereocenters. The molecular formula is C17H28N4O3S. The highest BCUT2D eigenvalue weighted by Crippen LogP contribution is 2.25. The number of sulfonamides is 1. The Morgan fingerprint density at radius 2 is 1.92 bits per heavy atom. The van der Waals surface area contributed by atoms with Gasteiger partial charge in [0.05, 0.1) is 5.92 Å². The molecule has 0 spiro atoms. The molecule has 0 radical (unpaired) electrons. The molecule has 140 valence electrons. The summed E-state index contributed by atoms with van der Waals surface area (Å²) in [7, 11) is -3.59. The summed E-state index contributed by atoms with van der Waals surface area (Å²) in [4.78, 5) is 17.9. The van der Waals surface area contributed by atoms with E-state index in [1.54, 1.807) is 12.1 Å². The lowest BCUT2D eigenvalue weighted by Crippen LogP contribution is -2.42. The van der Waals surface area contributed by atoms with Crippen molar-refractivity contribution in [2.75, 3.05) is 18.0 Å². The smallest absolute Gasteiger partial charge is 0.245 e. The highest BCUT2D eigenvalue weighted by Gasteiger charge is 2.30. The molecule has 1 aliphatic heterocycles. The Hall–Kier alpha value is -1.67. The van der Waals surface area contributed by atoms with E-state index in [0.717, 1.165) is 19.4 Å². The number of carbonyl (C=O) groups is 1. The number of hydrogen-bond donors (Lipinski definition) is 1. The second-order valence-electron chi connectivity index (χ2n) is 7.06. The third-order valence-corrected chi connectivity index (χ3v) is 6.70. The average Bonchev–Trinajstić information content (AvgIpc) is 2.54. The Morgan fingerprint density at radius 1 is 1.28 bits per heavy atom. The van der Waals surface area contributed by atoms with Crippen LogP contribution < -0.4 is 10.6 Å². The SMILES string of the molecule is CC(C)N(C(C)C)S(=O)(=O)c1ccc(N2CCCC(C(N)=O)C2)nc1. The first-order chi connectivity index (χ1) is 11.6. The molecule has 1 aromatic rings. The monoisotopic (exact) mass is 368 g/mol. The van der Waals surface area contributed by atoms with Crippen molar-refractivity contribution in [2.24, 2.45) is 11.7 Å². The summed E-state index contributed by atoms with van der Waals surface area (Å²) in [6, 6.07) is 3.02. The summed E-state index contributed by atoms with van der Waals surface area (Å²) in [5.41, 5.74) is 5.41. The fourth-order valence-electron chi connectivity index (χ4n) is 3.40. The van der Waals surface area contributed by atoms with Crippen LogP contribution in [0.5, 0.6) is 0 Å². The summed E-state index contributed by atoms with van der Waals surface area (Å²) in [6.07, 6.45) is 3.05. The van der Waals surface area contributed by atoms with Crippen LogP contribution in [0.1, 0.15) is 40.5 Å². The molecule has 8 heteroatoms. The van der Waals surface area contributed by atoms with E-state index in [0.29, 0.717) is 12.4 Å². The summed E-state index contributed by atoms with van der Waals surface area (Å²) in [5.74, 6) is 0.190. The zero-order valence-corrected chi connectivity index (χ0v) is 16.2. The second-order valence-corrected chi connectivity index (χ2v) is 8.91. The quantitative estimate of drug-likeness (QED) is 0.822. The lowest BCUT2D eigenvalue weighted by atomic mass is 9.97. The molecule has 2 rings (SSSR count). The van der Waals surface area contributed by atoms with Gasteiger partial charge in [0.2, 0.25) is 15.9 Å². The molecule has 25 heavy (non-hydrogen) atoms. The molecule has 1 unspecified atom stereocenters. The van der Waals surface area contributed by atoms with Gasteiger partial charge in [-0.1, -0.05) is 0 Å². The topological polar surface area (TPSA) is 96.6 Å². The summed E-state index contributed by atoms with van der Waals surface area (Å²) >= 11 is 0. The number of nitrogens with two attached hydrogens (primary N) is 1. The number of rotatable bonds is 6. The number of nitrogens with zero attached hydrogens (tertiary/aromatic N) is 3. The first-order valence-electron chi connectivity index (χ1n) is 8.68. The van der Waals surface area contributed by atoms with Crippen LogP contribution in [0.2, 0.25) is 0 Å². The molecule has 2 N–H and O–H groups in total. The maximum Gasteiger partial charge on any atom is 0.245 e. The van der Waals surface area contributed by atoms with Crippen molar-refractivity contribution < 1.29 is 13.2 Å². The first-order valence-corrected chi connectivity index (χ1v) is 10.1. The number of aromatic nitrogens is 1. The Labute approximate surface area is 150 Å². The Morgan fingerprint density at radius 3 is 2.40 bits per heavy atom. The Bertz CT molecular complexity index is 693. The molecule has 0 aliphatic carbocycles. The normalized spacial score (nSPS) is 19.0. The van der Waals surface area contributed by atoms with E-state index in [1.165, 1.54) is 10.5 Å². The van der Waals surface area contributed by atoms with Crippen molar-refractivity contribution >= 4 is 21.7 Å². The average molecular weight is 369 g/mol. The first kappa shape index (κ1) is 19.7. The molecule has 0 saturated carbocycles. The van der Waals surface area contributed by atoms with Gasteiger partial charge >= 0.3 is 0 Å². The lowest BCUT2D eigenvalue weighted by molar-refractivity contribution is -0.122. The van der Waals surface area contributed by atoms with Crippen LogP contribution >= 0.6 is 0 Å². The fraction of sp³-hybridized carbons (Fsp3) is 0.647. The second kappa shape index (κ2) is 7.70. The maximum absolute atomic E-state index is 12.9. The van der Waals surface area contributed by atoms with E-state index in [-0.39, 0.29) is 28.8 Å². The zero-order valence-electron chi connectivity index (χ0n) is 15.3. The summed E-state index contributed by atoms with van der Waals surface area (Å²) < 4.78 is 27.2. The lowest BCUT2D eigenvalue weighted by Gasteiger charge is -2.32. The van der Waals surface area contributed by atoms with Crippen LogP contribution in [0.4, 0.5) is 5.82 Å². The molecule has 1 aromatic heterocycles. The number of carbonyl (C=O) groups excluding carboxylic acids is 1. The molecule has 7 nitrogen and oxygen atoms in total. The molecule has 1 saturated heterocycles. The van der Waals surface area contributed by atoms with Crippen molar-refractivity contribution in [3.05, 3.63) is 18.3 Å². The van der Waals surface area contributed by atoms with Crippen LogP contribution in [-0.2, 0) is 14.8 Å². The molecule has 0 aromatic carbocycles. The Balaban J connectivity index is 2.23. The van der Waals surface area contributed by atoms with Gasteiger partial charge in [0.1, 0.15) is 10.7 Å². The predicted octanol–water partition coefficient (Wildman–Crippen LogP) is 1.59. The van der Waals surface area contributed by atoms with E-state index >= 15 is 0 Å². The third kappa shape index (κ3) is 4.30. The summed E-state index contributed by atoms with van der Waals surface area (Å²) in [5, 5.41) is 0. The minimum atomic E-state index is -3.59. The van der Waals surface area contributed by atoms with Gasteiger partial charge in [0.15, 0.2) is 0 Å². The Kier molecular flexibility index (Phi) is 6.05. The molecule has 1 aliphatic rings. The van der Waals surface area contributed by atoms with Gasteiger partial charge in [-0.05, 0) is 52.7 Å². The van der Waals surface area contributed by atoms with Crippen LogP contribution in [0.25, 0.3) is 0 Å². The number of primary amides is 1. The molecule has 2 heterocycles. The highest BCUT2D eigenvalue weighted by molar-refractivity contribution is 7.89. The fourth-order valence-corrected chi connectivity index (χ4v) is 5.18. The highest BCUT2D eigenvalue weighted by atomic mass is 32.2.